The standard InChI is InChI=1S/C10H9F2NO3/c1-5(9(13)14)16-10(15)8-6(11)3-2-4-7(8)12/h2-5H,1H3,(H2,13,14)/t5-/m1/s1. The number of hydrogen-bond acceptors (Lipinski definition) is 3. The molecule has 0 spiro atoms. The summed E-state index contributed by atoms with van der Waals surface area (Å²) in [5, 5.41) is 0. The SMILES string of the molecule is C[C@@H](OC(=O)c1c(F)cccc1F)C(N)=O. The van der Waals surface area contributed by atoms with Crippen LogP contribution in [0.2, 0.25) is 0 Å². The third kappa shape index (κ3) is 2.53. The zero-order chi connectivity index (χ0) is 12.3. The number of amides is 1. The smallest absolute Gasteiger partial charge is 0.344 e. The van der Waals surface area contributed by atoms with E-state index in [-0.39, 0.29) is 0 Å². The summed E-state index contributed by atoms with van der Waals surface area (Å²) in [6, 6.07) is 2.93. The first-order valence-electron chi connectivity index (χ1n) is 4.37. The number of primary amides is 1. The maximum absolute atomic E-state index is 13.1. The Bertz CT molecular complexity index is 414. The minimum Gasteiger partial charge on any atom is -0.449 e. The first-order valence-corrected chi connectivity index (χ1v) is 4.37. The zero-order valence-electron chi connectivity index (χ0n) is 8.37. The van der Waals surface area contributed by atoms with Crippen LogP contribution in [0.15, 0.2) is 18.2 Å². The van der Waals surface area contributed by atoms with Crippen LogP contribution in [0.25, 0.3) is 0 Å². The lowest BCUT2D eigenvalue weighted by Gasteiger charge is -2.10. The predicted octanol–water partition coefficient (Wildman–Crippen LogP) is 0.995. The molecule has 16 heavy (non-hydrogen) atoms. The van der Waals surface area contributed by atoms with Crippen LogP contribution in [0.5, 0.6) is 0 Å². The molecule has 0 aliphatic rings. The van der Waals surface area contributed by atoms with Crippen LogP contribution < -0.4 is 5.73 Å². The number of esters is 1. The molecule has 0 aliphatic heterocycles. The lowest BCUT2D eigenvalue weighted by atomic mass is 10.2. The third-order valence-corrected chi connectivity index (χ3v) is 1.85. The Morgan fingerprint density at radius 1 is 1.31 bits per heavy atom. The number of rotatable bonds is 3. The van der Waals surface area contributed by atoms with E-state index in [0.29, 0.717) is 0 Å². The number of carbonyl (C=O) groups excluding carboxylic acids is 2. The Morgan fingerprint density at radius 3 is 2.25 bits per heavy atom. The van der Waals surface area contributed by atoms with E-state index >= 15 is 0 Å². The van der Waals surface area contributed by atoms with Crippen LogP contribution in [0.1, 0.15) is 17.3 Å². The molecule has 1 aromatic rings. The van der Waals surface area contributed by atoms with Gasteiger partial charge in [-0.2, -0.15) is 0 Å². The van der Waals surface area contributed by atoms with Crippen LogP contribution >= 0.6 is 0 Å². The summed E-state index contributed by atoms with van der Waals surface area (Å²) in [5.41, 5.74) is 4.00. The Hall–Kier alpha value is -1.98. The highest BCUT2D eigenvalue weighted by Gasteiger charge is 2.22. The second kappa shape index (κ2) is 4.69. The average molecular weight is 229 g/mol. The predicted molar refractivity (Wildman–Crippen MR) is 50.4 cm³/mol. The van der Waals surface area contributed by atoms with E-state index in [1.165, 1.54) is 6.92 Å². The molecule has 0 fully saturated rings. The number of nitrogens with two attached hydrogens (primary N) is 1. The third-order valence-electron chi connectivity index (χ3n) is 1.85. The Balaban J connectivity index is 2.93. The highest BCUT2D eigenvalue weighted by atomic mass is 19.1. The molecule has 0 unspecified atom stereocenters. The zero-order valence-corrected chi connectivity index (χ0v) is 8.37. The summed E-state index contributed by atoms with van der Waals surface area (Å²) in [6.45, 7) is 1.21. The first-order chi connectivity index (χ1) is 7.43. The molecule has 0 saturated carbocycles. The number of carbonyl (C=O) groups is 2. The fraction of sp³-hybridized carbons (Fsp3) is 0.200. The van der Waals surface area contributed by atoms with Gasteiger partial charge in [0, 0.05) is 0 Å². The van der Waals surface area contributed by atoms with Crippen molar-refractivity contribution in [1.29, 1.82) is 0 Å². The maximum atomic E-state index is 13.1. The second-order valence-corrected chi connectivity index (χ2v) is 3.05. The fourth-order valence-corrected chi connectivity index (χ4v) is 0.970. The van der Waals surface area contributed by atoms with Crippen molar-refractivity contribution >= 4 is 11.9 Å². The molecule has 0 aliphatic carbocycles. The summed E-state index contributed by atoms with van der Waals surface area (Å²) in [6.07, 6.45) is -1.24. The van der Waals surface area contributed by atoms with Gasteiger partial charge in [-0.1, -0.05) is 6.07 Å². The molecule has 0 aromatic heterocycles. The maximum Gasteiger partial charge on any atom is 0.344 e. The van der Waals surface area contributed by atoms with Crippen molar-refractivity contribution in [2.24, 2.45) is 5.73 Å². The molecule has 0 radical (unpaired) electrons. The van der Waals surface area contributed by atoms with Crippen molar-refractivity contribution in [3.8, 4) is 0 Å². The van der Waals surface area contributed by atoms with Crippen LogP contribution in [0, 0.1) is 11.6 Å². The number of halogens is 2. The monoisotopic (exact) mass is 229 g/mol. The molecule has 86 valence electrons. The molecule has 0 heterocycles. The summed E-state index contributed by atoms with van der Waals surface area (Å²) in [4.78, 5) is 21.9. The average Bonchev–Trinajstić information content (AvgIpc) is 2.16. The first kappa shape index (κ1) is 12.1. The van der Waals surface area contributed by atoms with Crippen molar-refractivity contribution in [2.45, 2.75) is 13.0 Å². The fourth-order valence-electron chi connectivity index (χ4n) is 0.970. The quantitative estimate of drug-likeness (QED) is 0.786. The van der Waals surface area contributed by atoms with Gasteiger partial charge in [0.15, 0.2) is 6.10 Å². The minimum atomic E-state index is -1.26. The molecule has 0 bridgehead atoms. The van der Waals surface area contributed by atoms with Crippen LogP contribution in [-0.2, 0) is 9.53 Å². The van der Waals surface area contributed by atoms with Gasteiger partial charge >= 0.3 is 5.97 Å². The van der Waals surface area contributed by atoms with Crippen LogP contribution in [0.3, 0.4) is 0 Å². The van der Waals surface area contributed by atoms with Crippen molar-refractivity contribution in [1.82, 2.24) is 0 Å². The second-order valence-electron chi connectivity index (χ2n) is 3.05. The highest BCUT2D eigenvalue weighted by Crippen LogP contribution is 2.14. The van der Waals surface area contributed by atoms with Gasteiger partial charge in [-0.05, 0) is 19.1 Å². The Labute approximate surface area is 90.0 Å². The van der Waals surface area contributed by atoms with Crippen molar-refractivity contribution < 1.29 is 23.1 Å². The van der Waals surface area contributed by atoms with E-state index in [4.69, 9.17) is 5.73 Å². The van der Waals surface area contributed by atoms with Crippen LogP contribution in [0.4, 0.5) is 8.78 Å². The molecular formula is C10H9F2NO3. The van der Waals surface area contributed by atoms with E-state index in [0.717, 1.165) is 18.2 Å². The summed E-state index contributed by atoms with van der Waals surface area (Å²) in [5.74, 6) is -4.27. The van der Waals surface area contributed by atoms with Crippen molar-refractivity contribution in [3.05, 3.63) is 35.4 Å². The Kier molecular flexibility index (Phi) is 3.55. The highest BCUT2D eigenvalue weighted by molar-refractivity contribution is 5.92. The molecule has 1 atom stereocenters. The van der Waals surface area contributed by atoms with Gasteiger partial charge in [-0.25, -0.2) is 13.6 Å². The molecule has 1 aromatic carbocycles. The molecule has 1 amide bonds. The number of hydrogen-bond donors (Lipinski definition) is 1. The van der Waals surface area contributed by atoms with Gasteiger partial charge in [0.25, 0.3) is 5.91 Å². The van der Waals surface area contributed by atoms with Gasteiger partial charge in [0.2, 0.25) is 0 Å². The number of benzene rings is 1. The number of ether oxygens (including phenoxy) is 1. The largest absolute Gasteiger partial charge is 0.449 e. The Morgan fingerprint density at radius 2 is 1.81 bits per heavy atom. The van der Waals surface area contributed by atoms with Gasteiger partial charge in [-0.3, -0.25) is 4.79 Å². The van der Waals surface area contributed by atoms with E-state index in [1.54, 1.807) is 0 Å². The van der Waals surface area contributed by atoms with Gasteiger partial charge in [0.05, 0.1) is 0 Å². The molecular weight excluding hydrogens is 220 g/mol. The molecule has 2 N–H and O–H groups in total. The molecule has 6 heteroatoms. The summed E-state index contributed by atoms with van der Waals surface area (Å²) >= 11 is 0. The van der Waals surface area contributed by atoms with Crippen molar-refractivity contribution in [3.63, 3.8) is 0 Å². The van der Waals surface area contributed by atoms with Crippen molar-refractivity contribution in [2.75, 3.05) is 0 Å². The topological polar surface area (TPSA) is 69.4 Å². The lowest BCUT2D eigenvalue weighted by Crippen LogP contribution is -2.31. The normalized spacial score (nSPS) is 11.9. The molecule has 0 saturated heterocycles. The molecule has 1 rings (SSSR count). The van der Waals surface area contributed by atoms with Gasteiger partial charge in [0.1, 0.15) is 17.2 Å². The van der Waals surface area contributed by atoms with E-state index < -0.39 is 35.2 Å². The molecule has 4 nitrogen and oxygen atoms in total. The van der Waals surface area contributed by atoms with Crippen LogP contribution in [-0.4, -0.2) is 18.0 Å². The summed E-state index contributed by atoms with van der Waals surface area (Å²) < 4.78 is 30.7. The van der Waals surface area contributed by atoms with E-state index in [1.807, 2.05) is 0 Å². The summed E-state index contributed by atoms with van der Waals surface area (Å²) in [7, 11) is 0. The van der Waals surface area contributed by atoms with E-state index in [2.05, 4.69) is 4.74 Å². The van der Waals surface area contributed by atoms with Gasteiger partial charge < -0.3 is 10.5 Å². The lowest BCUT2D eigenvalue weighted by molar-refractivity contribution is -0.125. The van der Waals surface area contributed by atoms with Gasteiger partial charge in [-0.15, -0.1) is 0 Å². The minimum absolute atomic E-state index is 0.837. The van der Waals surface area contributed by atoms with E-state index in [9.17, 15) is 18.4 Å².